The fraction of sp³-hybridized carbons (Fsp3) is 0.667. The van der Waals surface area contributed by atoms with Gasteiger partial charge in [-0.3, -0.25) is 9.69 Å². The van der Waals surface area contributed by atoms with Crippen molar-refractivity contribution in [1.29, 1.82) is 0 Å². The molecular weight excluding hydrogens is 496 g/mol. The van der Waals surface area contributed by atoms with Gasteiger partial charge in [0, 0.05) is 24.2 Å². The maximum Gasteiger partial charge on any atom is 0.360 e. The molecule has 2 saturated carbocycles. The van der Waals surface area contributed by atoms with E-state index in [1.165, 1.54) is 51.4 Å². The number of hydrogen-bond acceptors (Lipinski definition) is 7. The summed E-state index contributed by atoms with van der Waals surface area (Å²) in [7, 11) is 0. The summed E-state index contributed by atoms with van der Waals surface area (Å²) in [6.07, 6.45) is 14.9. The van der Waals surface area contributed by atoms with Crippen LogP contribution in [0.25, 0.3) is 11.0 Å². The van der Waals surface area contributed by atoms with Crippen molar-refractivity contribution in [2.75, 3.05) is 13.2 Å². The summed E-state index contributed by atoms with van der Waals surface area (Å²) in [5, 5.41) is 22.6. The summed E-state index contributed by atoms with van der Waals surface area (Å²) in [6, 6.07) is 8.95. The van der Waals surface area contributed by atoms with Crippen LogP contribution >= 0.6 is 0 Å². The molecule has 2 aliphatic carbocycles. The van der Waals surface area contributed by atoms with Gasteiger partial charge in [0.15, 0.2) is 5.69 Å². The van der Waals surface area contributed by atoms with Crippen LogP contribution in [-0.2, 0) is 9.63 Å². The van der Waals surface area contributed by atoms with Crippen LogP contribution in [0.1, 0.15) is 88.8 Å². The van der Waals surface area contributed by atoms with Crippen molar-refractivity contribution in [2.45, 2.75) is 101 Å². The van der Waals surface area contributed by atoms with Crippen LogP contribution in [-0.4, -0.2) is 67.7 Å². The number of aliphatic hydroxyl groups excluding tert-OH is 1. The van der Waals surface area contributed by atoms with E-state index < -0.39 is 17.2 Å². The zero-order valence-corrected chi connectivity index (χ0v) is 22.6. The Bertz CT molecular complexity index is 1260. The number of aromatic nitrogens is 2. The Labute approximate surface area is 228 Å². The minimum absolute atomic E-state index is 0.0324. The maximum absolute atomic E-state index is 14.0. The topological polar surface area (TPSA) is 117 Å². The first-order chi connectivity index (χ1) is 19.0. The van der Waals surface area contributed by atoms with E-state index >= 15 is 0 Å². The van der Waals surface area contributed by atoms with Gasteiger partial charge >= 0.3 is 5.97 Å². The number of fused-ring (bicyclic) bond motifs is 5. The summed E-state index contributed by atoms with van der Waals surface area (Å²) >= 11 is 0. The van der Waals surface area contributed by atoms with Crippen LogP contribution in [0.15, 0.2) is 34.2 Å². The zero-order valence-electron chi connectivity index (χ0n) is 22.6. The van der Waals surface area contributed by atoms with Crippen molar-refractivity contribution in [2.24, 2.45) is 17.0 Å². The number of benzene rings is 1. The lowest BCUT2D eigenvalue weighted by Crippen LogP contribution is -2.58. The quantitative estimate of drug-likeness (QED) is 0.311. The lowest BCUT2D eigenvalue weighted by Gasteiger charge is -2.54. The van der Waals surface area contributed by atoms with E-state index in [4.69, 9.17) is 9.94 Å². The number of nitrogens with zero attached hydrogens (tertiary/aromatic N) is 4. The average molecular weight is 537 g/mol. The molecule has 9 nitrogen and oxygen atoms in total. The van der Waals surface area contributed by atoms with Gasteiger partial charge in [0.2, 0.25) is 5.71 Å². The SMILES string of the molecule is O=C(O)C(=NOCCO)c1nc2ccccc2n([C@H]2C[C@H]3CCC[C@@H](C2)N3C2CC3CCCCC(C3)C2)c1=O. The van der Waals surface area contributed by atoms with Gasteiger partial charge in [-0.05, 0) is 68.9 Å². The normalized spacial score (nSPS) is 31.6. The summed E-state index contributed by atoms with van der Waals surface area (Å²) in [6.45, 7) is -0.473. The number of carboxylic acid groups (broad SMARTS) is 1. The highest BCUT2D eigenvalue weighted by molar-refractivity contribution is 6.41. The van der Waals surface area contributed by atoms with Gasteiger partial charge in [0.05, 0.1) is 17.6 Å². The van der Waals surface area contributed by atoms with Gasteiger partial charge in [-0.1, -0.05) is 49.4 Å². The first kappa shape index (κ1) is 26.4. The highest BCUT2D eigenvalue weighted by Crippen LogP contribution is 2.47. The third-order valence-electron chi connectivity index (χ3n) is 9.71. The van der Waals surface area contributed by atoms with Crippen LogP contribution < -0.4 is 5.56 Å². The second-order valence-electron chi connectivity index (χ2n) is 12.1. The lowest BCUT2D eigenvalue weighted by atomic mass is 9.73. The van der Waals surface area contributed by atoms with Crippen LogP contribution in [0.2, 0.25) is 0 Å². The Balaban J connectivity index is 1.35. The molecule has 4 fully saturated rings. The molecule has 1 aromatic heterocycles. The molecule has 0 amide bonds. The summed E-state index contributed by atoms with van der Waals surface area (Å²) in [4.78, 5) is 38.3. The minimum atomic E-state index is -1.38. The predicted molar refractivity (Wildman–Crippen MR) is 148 cm³/mol. The first-order valence-electron chi connectivity index (χ1n) is 14.9. The summed E-state index contributed by atoms with van der Waals surface area (Å²) in [5.74, 6) is 0.349. The fourth-order valence-corrected chi connectivity index (χ4v) is 8.31. The second kappa shape index (κ2) is 11.4. The maximum atomic E-state index is 14.0. The molecule has 2 aliphatic heterocycles. The molecule has 1 aromatic carbocycles. The first-order valence-corrected chi connectivity index (χ1v) is 14.9. The van der Waals surface area contributed by atoms with Crippen molar-refractivity contribution in [3.05, 3.63) is 40.3 Å². The molecule has 2 saturated heterocycles. The van der Waals surface area contributed by atoms with E-state index in [-0.39, 0.29) is 24.9 Å². The van der Waals surface area contributed by atoms with Gasteiger partial charge in [-0.25, -0.2) is 9.78 Å². The van der Waals surface area contributed by atoms with Crippen molar-refractivity contribution < 1.29 is 19.8 Å². The number of carbonyl (C=O) groups is 1. The monoisotopic (exact) mass is 536 g/mol. The molecule has 39 heavy (non-hydrogen) atoms. The van der Waals surface area contributed by atoms with Crippen LogP contribution in [0.4, 0.5) is 0 Å². The number of piperidine rings is 2. The second-order valence-corrected chi connectivity index (χ2v) is 12.1. The average Bonchev–Trinajstić information content (AvgIpc) is 3.09. The third kappa shape index (κ3) is 5.23. The fourth-order valence-electron chi connectivity index (χ4n) is 8.31. The number of aliphatic hydroxyl groups is 1. The molecule has 0 radical (unpaired) electrons. The molecule has 2 unspecified atom stereocenters. The molecule has 0 spiro atoms. The predicted octanol–water partition coefficient (Wildman–Crippen LogP) is 4.11. The molecule has 4 aliphatic rings. The van der Waals surface area contributed by atoms with Crippen molar-refractivity contribution >= 4 is 22.7 Å². The minimum Gasteiger partial charge on any atom is -0.476 e. The number of aliphatic carboxylic acids is 1. The van der Waals surface area contributed by atoms with E-state index in [0.717, 1.165) is 43.0 Å². The molecule has 2 aromatic rings. The lowest BCUT2D eigenvalue weighted by molar-refractivity contribution is -0.129. The highest BCUT2D eigenvalue weighted by Gasteiger charge is 2.45. The van der Waals surface area contributed by atoms with Crippen molar-refractivity contribution in [3.8, 4) is 0 Å². The van der Waals surface area contributed by atoms with Crippen LogP contribution in [0.3, 0.4) is 0 Å². The number of carboxylic acids is 1. The smallest absolute Gasteiger partial charge is 0.360 e. The number of oxime groups is 1. The number of hydrogen-bond donors (Lipinski definition) is 2. The highest BCUT2D eigenvalue weighted by atomic mass is 16.6. The number of para-hydroxylation sites is 2. The van der Waals surface area contributed by atoms with Crippen LogP contribution in [0.5, 0.6) is 0 Å². The van der Waals surface area contributed by atoms with E-state index in [2.05, 4.69) is 15.0 Å². The van der Waals surface area contributed by atoms with E-state index in [9.17, 15) is 14.7 Å². The Morgan fingerprint density at radius 2 is 1.62 bits per heavy atom. The van der Waals surface area contributed by atoms with Gasteiger partial charge in [-0.2, -0.15) is 0 Å². The number of rotatable bonds is 7. The van der Waals surface area contributed by atoms with Gasteiger partial charge in [0.25, 0.3) is 5.56 Å². The Kier molecular flexibility index (Phi) is 7.71. The molecule has 2 N–H and O–H groups in total. The van der Waals surface area contributed by atoms with Gasteiger partial charge in [-0.15, -0.1) is 0 Å². The van der Waals surface area contributed by atoms with E-state index in [1.807, 2.05) is 24.3 Å². The zero-order chi connectivity index (χ0) is 26.9. The van der Waals surface area contributed by atoms with E-state index in [0.29, 0.717) is 23.6 Å². The van der Waals surface area contributed by atoms with Crippen molar-refractivity contribution in [3.63, 3.8) is 0 Å². The molecule has 9 heteroatoms. The van der Waals surface area contributed by atoms with Crippen molar-refractivity contribution in [1.82, 2.24) is 14.5 Å². The largest absolute Gasteiger partial charge is 0.476 e. The molecule has 6 rings (SSSR count). The Morgan fingerprint density at radius 3 is 2.28 bits per heavy atom. The van der Waals surface area contributed by atoms with Gasteiger partial charge in [0.1, 0.15) is 6.61 Å². The summed E-state index contributed by atoms with van der Waals surface area (Å²) < 4.78 is 1.80. The van der Waals surface area contributed by atoms with Crippen LogP contribution in [0, 0.1) is 11.8 Å². The Hall–Kier alpha value is -2.78. The van der Waals surface area contributed by atoms with Gasteiger partial charge < -0.3 is 19.6 Å². The van der Waals surface area contributed by atoms with E-state index in [1.54, 1.807) is 4.57 Å². The molecule has 4 bridgehead atoms. The molecule has 210 valence electrons. The molecular formula is C30H40N4O5. The molecule has 5 atom stereocenters. The summed E-state index contributed by atoms with van der Waals surface area (Å²) in [5.41, 5.74) is 0.0979. The Morgan fingerprint density at radius 1 is 0.923 bits per heavy atom. The third-order valence-corrected chi connectivity index (χ3v) is 9.71. The molecule has 3 heterocycles. The standard InChI is InChI=1S/C30H40N4O5/c35-12-13-39-32-28(30(37)38)27-29(36)34(26-11-4-3-10-25(26)31-27)24-17-21-8-5-9-22(18-24)33(21)23-15-19-6-1-2-7-20(14-19)16-23/h3-4,10-11,19-24,35H,1-2,5-9,12-18H2,(H,37,38)/t19?,20?,21-,22+,23?,24+.